The van der Waals surface area contributed by atoms with Gasteiger partial charge in [-0.1, -0.05) is 18.2 Å². The molecule has 11 heavy (non-hydrogen) atoms. The lowest BCUT2D eigenvalue weighted by Crippen LogP contribution is -2.11. The summed E-state index contributed by atoms with van der Waals surface area (Å²) in [6, 6.07) is 0. The quantitative estimate of drug-likeness (QED) is 0.471. The number of rotatable bonds is 5. The van der Waals surface area contributed by atoms with Gasteiger partial charge in [0.25, 0.3) is 0 Å². The van der Waals surface area contributed by atoms with E-state index in [2.05, 4.69) is 25.1 Å². The Morgan fingerprint density at radius 2 is 1.91 bits per heavy atom. The third-order valence-electron chi connectivity index (χ3n) is 1.20. The van der Waals surface area contributed by atoms with E-state index in [9.17, 15) is 0 Å². The Morgan fingerprint density at radius 3 is 2.45 bits per heavy atom. The van der Waals surface area contributed by atoms with E-state index < -0.39 is 0 Å². The Labute approximate surface area is 68.7 Å². The van der Waals surface area contributed by atoms with E-state index in [1.165, 1.54) is 6.21 Å². The van der Waals surface area contributed by atoms with E-state index in [0.717, 1.165) is 13.0 Å². The van der Waals surface area contributed by atoms with Gasteiger partial charge in [-0.05, 0) is 26.6 Å². The molecule has 0 aromatic heterocycles. The lowest BCUT2D eigenvalue weighted by atomic mass is 10.3. The molecule has 0 aliphatic heterocycles. The molecular formula is C9H16N2. The van der Waals surface area contributed by atoms with Crippen LogP contribution in [0.4, 0.5) is 0 Å². The number of nitrogens with one attached hydrogen (secondary N) is 1. The van der Waals surface area contributed by atoms with Crippen LogP contribution in [0.3, 0.4) is 0 Å². The van der Waals surface area contributed by atoms with Crippen molar-refractivity contribution in [3.05, 3.63) is 24.3 Å². The first-order valence-corrected chi connectivity index (χ1v) is 3.74. The molecule has 0 rings (SSSR count). The Balaban J connectivity index is 3.30. The van der Waals surface area contributed by atoms with Crippen molar-refractivity contribution in [1.29, 1.82) is 5.41 Å². The first kappa shape index (κ1) is 10.1. The predicted molar refractivity (Wildman–Crippen MR) is 50.2 cm³/mol. The van der Waals surface area contributed by atoms with E-state index in [1.807, 2.05) is 12.2 Å². The van der Waals surface area contributed by atoms with Crippen LogP contribution in [0.15, 0.2) is 24.3 Å². The van der Waals surface area contributed by atoms with Gasteiger partial charge in [-0.15, -0.1) is 0 Å². The molecule has 62 valence electrons. The molecule has 1 N–H and O–H groups in total. The van der Waals surface area contributed by atoms with E-state index in [-0.39, 0.29) is 0 Å². The van der Waals surface area contributed by atoms with Gasteiger partial charge in [0.1, 0.15) is 0 Å². The molecule has 0 aliphatic rings. The van der Waals surface area contributed by atoms with E-state index >= 15 is 0 Å². The van der Waals surface area contributed by atoms with Crippen molar-refractivity contribution in [2.45, 2.75) is 6.42 Å². The zero-order chi connectivity index (χ0) is 8.53. The van der Waals surface area contributed by atoms with Crippen molar-refractivity contribution in [1.82, 2.24) is 4.90 Å². The third-order valence-corrected chi connectivity index (χ3v) is 1.20. The van der Waals surface area contributed by atoms with E-state index in [1.54, 1.807) is 6.08 Å². The van der Waals surface area contributed by atoms with Crippen LogP contribution in [-0.2, 0) is 0 Å². The molecule has 0 spiro atoms. The first-order valence-electron chi connectivity index (χ1n) is 3.74. The van der Waals surface area contributed by atoms with Crippen molar-refractivity contribution in [3.8, 4) is 0 Å². The second-order valence-corrected chi connectivity index (χ2v) is 2.57. The molecule has 0 bridgehead atoms. The lowest BCUT2D eigenvalue weighted by molar-refractivity contribution is 0.417. The van der Waals surface area contributed by atoms with Crippen LogP contribution >= 0.6 is 0 Å². The largest absolute Gasteiger partial charge is 0.309 e. The van der Waals surface area contributed by atoms with Crippen molar-refractivity contribution < 1.29 is 0 Å². The summed E-state index contributed by atoms with van der Waals surface area (Å²) in [5, 5.41) is 6.70. The maximum atomic E-state index is 6.70. The second-order valence-electron chi connectivity index (χ2n) is 2.57. The van der Waals surface area contributed by atoms with Crippen LogP contribution in [0, 0.1) is 5.41 Å². The predicted octanol–water partition coefficient (Wildman–Crippen LogP) is 1.70. The summed E-state index contributed by atoms with van der Waals surface area (Å²) in [5.41, 5.74) is 0. The van der Waals surface area contributed by atoms with Gasteiger partial charge in [0.05, 0.1) is 0 Å². The van der Waals surface area contributed by atoms with Gasteiger partial charge in [0.15, 0.2) is 0 Å². The van der Waals surface area contributed by atoms with E-state index in [0.29, 0.717) is 0 Å². The Kier molecular flexibility index (Phi) is 6.64. The highest BCUT2D eigenvalue weighted by atomic mass is 15.0. The minimum absolute atomic E-state index is 1.06. The highest BCUT2D eigenvalue weighted by molar-refractivity contribution is 5.68. The Hall–Kier alpha value is -0.890. The van der Waals surface area contributed by atoms with Crippen molar-refractivity contribution >= 4 is 6.21 Å². The number of hydrogen-bond acceptors (Lipinski definition) is 2. The van der Waals surface area contributed by atoms with Crippen LogP contribution in [0.2, 0.25) is 0 Å². The first-order chi connectivity index (χ1) is 5.27. The maximum absolute atomic E-state index is 6.70. The van der Waals surface area contributed by atoms with Crippen molar-refractivity contribution in [2.24, 2.45) is 0 Å². The number of hydrogen-bond donors (Lipinski definition) is 1. The minimum Gasteiger partial charge on any atom is -0.309 e. The van der Waals surface area contributed by atoms with Crippen LogP contribution in [-0.4, -0.2) is 31.8 Å². The molecule has 0 aromatic rings. The Morgan fingerprint density at radius 1 is 1.18 bits per heavy atom. The molecule has 0 amide bonds. The van der Waals surface area contributed by atoms with Gasteiger partial charge in [0, 0.05) is 12.8 Å². The fourth-order valence-electron chi connectivity index (χ4n) is 0.627. The molecule has 0 saturated heterocycles. The molecule has 2 heteroatoms. The van der Waals surface area contributed by atoms with Gasteiger partial charge in [0.2, 0.25) is 0 Å². The molecule has 0 unspecified atom stereocenters. The van der Waals surface area contributed by atoms with Gasteiger partial charge in [-0.2, -0.15) is 0 Å². The van der Waals surface area contributed by atoms with Crippen LogP contribution in [0.25, 0.3) is 0 Å². The monoisotopic (exact) mass is 152 g/mol. The zero-order valence-corrected chi connectivity index (χ0v) is 7.25. The molecule has 0 saturated carbocycles. The van der Waals surface area contributed by atoms with Crippen LogP contribution < -0.4 is 0 Å². The zero-order valence-electron chi connectivity index (χ0n) is 7.25. The van der Waals surface area contributed by atoms with Crippen LogP contribution in [0.5, 0.6) is 0 Å². The fourth-order valence-corrected chi connectivity index (χ4v) is 0.627. The molecule has 0 heterocycles. The summed E-state index contributed by atoms with van der Waals surface area (Å²) in [5.74, 6) is 0. The highest BCUT2D eigenvalue weighted by Gasteiger charge is 1.82. The normalized spacial score (nSPS) is 11.9. The molecule has 0 radical (unpaired) electrons. The van der Waals surface area contributed by atoms with Crippen molar-refractivity contribution in [3.63, 3.8) is 0 Å². The SMILES string of the molecule is CN(C)CC/C=C/C=C\C=N. The second kappa shape index (κ2) is 7.22. The van der Waals surface area contributed by atoms with Gasteiger partial charge < -0.3 is 10.3 Å². The lowest BCUT2D eigenvalue weighted by Gasteiger charge is -2.04. The number of nitrogens with zero attached hydrogens (tertiary/aromatic N) is 1. The van der Waals surface area contributed by atoms with Crippen molar-refractivity contribution in [2.75, 3.05) is 20.6 Å². The summed E-state index contributed by atoms with van der Waals surface area (Å²) in [6.45, 7) is 1.08. The van der Waals surface area contributed by atoms with Crippen LogP contribution in [0.1, 0.15) is 6.42 Å². The molecule has 0 aliphatic carbocycles. The molecular weight excluding hydrogens is 136 g/mol. The van der Waals surface area contributed by atoms with Gasteiger partial charge in [-0.25, -0.2) is 0 Å². The third kappa shape index (κ3) is 9.11. The minimum atomic E-state index is 1.06. The molecule has 0 atom stereocenters. The average Bonchev–Trinajstić information content (AvgIpc) is 1.96. The highest BCUT2D eigenvalue weighted by Crippen LogP contribution is 1.85. The summed E-state index contributed by atoms with van der Waals surface area (Å²) in [7, 11) is 4.11. The summed E-state index contributed by atoms with van der Waals surface area (Å²) < 4.78 is 0. The smallest absolute Gasteiger partial charge is 0.0177 e. The molecule has 0 fully saturated rings. The standard InChI is InChI=1S/C9H16N2/c1-11(2)9-7-5-3-4-6-8-10/h3-6,8,10H,7,9H2,1-2H3/b5-3+,6-4-,10-8?. The Bertz CT molecular complexity index is 146. The van der Waals surface area contributed by atoms with E-state index in [4.69, 9.17) is 5.41 Å². The molecule has 0 aromatic carbocycles. The summed E-state index contributed by atoms with van der Waals surface area (Å²) in [6.07, 6.45) is 9.97. The fraction of sp³-hybridized carbons (Fsp3) is 0.444. The average molecular weight is 152 g/mol. The molecule has 2 nitrogen and oxygen atoms in total. The topological polar surface area (TPSA) is 27.1 Å². The summed E-state index contributed by atoms with van der Waals surface area (Å²) >= 11 is 0. The number of allylic oxidation sites excluding steroid dienone is 3. The van der Waals surface area contributed by atoms with Gasteiger partial charge >= 0.3 is 0 Å². The summed E-state index contributed by atoms with van der Waals surface area (Å²) in [4.78, 5) is 2.14. The maximum Gasteiger partial charge on any atom is 0.0177 e. The van der Waals surface area contributed by atoms with Gasteiger partial charge in [-0.3, -0.25) is 0 Å².